The third kappa shape index (κ3) is 2.23. The number of carbonyl (C=O) groups is 1. The summed E-state index contributed by atoms with van der Waals surface area (Å²) in [5, 5.41) is 0. The van der Waals surface area contributed by atoms with Crippen molar-refractivity contribution < 1.29 is 9.53 Å². The van der Waals surface area contributed by atoms with Crippen LogP contribution in [0.3, 0.4) is 0 Å². The number of hydrogen-bond acceptors (Lipinski definition) is 2. The fraction of sp³-hybridized carbons (Fsp3) is 0.933. The van der Waals surface area contributed by atoms with Crippen molar-refractivity contribution in [3.05, 3.63) is 0 Å². The van der Waals surface area contributed by atoms with Crippen LogP contribution in [0.25, 0.3) is 0 Å². The summed E-state index contributed by atoms with van der Waals surface area (Å²) >= 11 is 0. The number of hydrogen-bond donors (Lipinski definition) is 0. The first-order valence-corrected chi connectivity index (χ1v) is 7.34. The van der Waals surface area contributed by atoms with Gasteiger partial charge < -0.3 is 4.74 Å². The second-order valence-corrected chi connectivity index (χ2v) is 6.00. The van der Waals surface area contributed by atoms with Crippen LogP contribution >= 0.6 is 0 Å². The maximum Gasteiger partial charge on any atom is 0.306 e. The summed E-state index contributed by atoms with van der Waals surface area (Å²) in [7, 11) is 0. The Kier molecular flexibility index (Phi) is 3.79. The predicted octanol–water partition coefficient (Wildman–Crippen LogP) is 3.93. The van der Waals surface area contributed by atoms with E-state index in [9.17, 15) is 4.79 Å². The molecule has 4 unspecified atom stereocenters. The molecular weight excluding hydrogens is 212 g/mol. The molecule has 0 aromatic rings. The third-order valence-electron chi connectivity index (χ3n) is 5.14. The zero-order valence-corrected chi connectivity index (χ0v) is 11.5. The van der Waals surface area contributed by atoms with Crippen molar-refractivity contribution in [1.29, 1.82) is 0 Å². The van der Waals surface area contributed by atoms with Gasteiger partial charge in [-0.25, -0.2) is 0 Å². The van der Waals surface area contributed by atoms with E-state index in [2.05, 4.69) is 13.8 Å². The SMILES string of the molecule is CCC(=O)OC1(CC)C(C)CC2CCCC1C2. The number of rotatable bonds is 3. The van der Waals surface area contributed by atoms with Gasteiger partial charge in [-0.1, -0.05) is 33.6 Å². The summed E-state index contributed by atoms with van der Waals surface area (Å²) in [6, 6.07) is 0. The summed E-state index contributed by atoms with van der Waals surface area (Å²) in [4.78, 5) is 11.7. The van der Waals surface area contributed by atoms with E-state index in [4.69, 9.17) is 4.74 Å². The van der Waals surface area contributed by atoms with E-state index in [-0.39, 0.29) is 11.6 Å². The Morgan fingerprint density at radius 3 is 2.71 bits per heavy atom. The number of ether oxygens (including phenoxy) is 1. The van der Waals surface area contributed by atoms with E-state index < -0.39 is 0 Å². The van der Waals surface area contributed by atoms with Crippen LogP contribution in [0.1, 0.15) is 65.7 Å². The van der Waals surface area contributed by atoms with E-state index in [1.807, 2.05) is 6.92 Å². The van der Waals surface area contributed by atoms with Crippen LogP contribution in [0, 0.1) is 17.8 Å². The van der Waals surface area contributed by atoms with Crippen LogP contribution in [0.4, 0.5) is 0 Å². The highest BCUT2D eigenvalue weighted by Crippen LogP contribution is 2.51. The third-order valence-corrected chi connectivity index (χ3v) is 5.14. The van der Waals surface area contributed by atoms with Crippen molar-refractivity contribution >= 4 is 5.97 Å². The van der Waals surface area contributed by atoms with Gasteiger partial charge in [0.15, 0.2) is 0 Å². The summed E-state index contributed by atoms with van der Waals surface area (Å²) in [6.45, 7) is 6.37. The molecule has 2 aliphatic rings. The van der Waals surface area contributed by atoms with Crippen LogP contribution in [0.2, 0.25) is 0 Å². The minimum Gasteiger partial charge on any atom is -0.458 e. The molecule has 2 fully saturated rings. The van der Waals surface area contributed by atoms with Crippen LogP contribution in [-0.2, 0) is 9.53 Å². The van der Waals surface area contributed by atoms with Gasteiger partial charge in [0.1, 0.15) is 5.60 Å². The van der Waals surface area contributed by atoms with Gasteiger partial charge >= 0.3 is 5.97 Å². The quantitative estimate of drug-likeness (QED) is 0.696. The van der Waals surface area contributed by atoms with Gasteiger partial charge in [0.05, 0.1) is 0 Å². The Bertz CT molecular complexity index is 285. The lowest BCUT2D eigenvalue weighted by atomic mass is 9.59. The number of esters is 1. The van der Waals surface area contributed by atoms with Crippen molar-refractivity contribution in [3.8, 4) is 0 Å². The summed E-state index contributed by atoms with van der Waals surface area (Å²) in [5.74, 6) is 2.03. The van der Waals surface area contributed by atoms with Gasteiger partial charge in [-0.05, 0) is 43.4 Å². The van der Waals surface area contributed by atoms with Gasteiger partial charge in [0.25, 0.3) is 0 Å². The van der Waals surface area contributed by atoms with E-state index >= 15 is 0 Å². The van der Waals surface area contributed by atoms with E-state index in [1.165, 1.54) is 32.1 Å². The first-order valence-electron chi connectivity index (χ1n) is 7.34. The molecule has 0 heterocycles. The molecule has 2 bridgehead atoms. The molecule has 0 aliphatic heterocycles. The molecule has 0 amide bonds. The zero-order valence-electron chi connectivity index (χ0n) is 11.5. The van der Waals surface area contributed by atoms with Crippen molar-refractivity contribution in [3.63, 3.8) is 0 Å². The van der Waals surface area contributed by atoms with Gasteiger partial charge in [-0.3, -0.25) is 4.79 Å². The first kappa shape index (κ1) is 12.9. The maximum absolute atomic E-state index is 11.7. The van der Waals surface area contributed by atoms with Crippen molar-refractivity contribution in [2.75, 3.05) is 0 Å². The van der Waals surface area contributed by atoms with E-state index in [0.29, 0.717) is 18.3 Å². The Morgan fingerprint density at radius 1 is 1.29 bits per heavy atom. The molecule has 0 aromatic heterocycles. The second-order valence-electron chi connectivity index (χ2n) is 6.00. The highest BCUT2D eigenvalue weighted by atomic mass is 16.6. The lowest BCUT2D eigenvalue weighted by Crippen LogP contribution is -2.53. The summed E-state index contributed by atoms with van der Waals surface area (Å²) in [6.07, 6.45) is 8.00. The predicted molar refractivity (Wildman–Crippen MR) is 68.6 cm³/mol. The van der Waals surface area contributed by atoms with E-state index in [0.717, 1.165) is 12.3 Å². The van der Waals surface area contributed by atoms with E-state index in [1.54, 1.807) is 0 Å². The largest absolute Gasteiger partial charge is 0.458 e. The Hall–Kier alpha value is -0.530. The van der Waals surface area contributed by atoms with Gasteiger partial charge in [0, 0.05) is 6.42 Å². The fourth-order valence-electron chi connectivity index (χ4n) is 4.23. The average Bonchev–Trinajstić information content (AvgIpc) is 2.34. The molecule has 98 valence electrons. The second kappa shape index (κ2) is 4.99. The average molecular weight is 238 g/mol. The molecule has 2 saturated carbocycles. The summed E-state index contributed by atoms with van der Waals surface area (Å²) < 4.78 is 5.94. The first-order chi connectivity index (χ1) is 8.12. The monoisotopic (exact) mass is 238 g/mol. The minimum atomic E-state index is -0.149. The lowest BCUT2D eigenvalue weighted by Gasteiger charge is -2.52. The summed E-state index contributed by atoms with van der Waals surface area (Å²) in [5.41, 5.74) is -0.149. The normalized spacial score (nSPS) is 41.0. The number of carbonyl (C=O) groups excluding carboxylic acids is 1. The van der Waals surface area contributed by atoms with Crippen LogP contribution in [0.15, 0.2) is 0 Å². The molecular formula is C15H26O2. The molecule has 4 atom stereocenters. The van der Waals surface area contributed by atoms with Crippen molar-refractivity contribution in [1.82, 2.24) is 0 Å². The molecule has 2 heteroatoms. The van der Waals surface area contributed by atoms with Crippen LogP contribution < -0.4 is 0 Å². The molecule has 17 heavy (non-hydrogen) atoms. The Labute approximate surface area is 105 Å². The smallest absolute Gasteiger partial charge is 0.306 e. The molecule has 2 rings (SSSR count). The van der Waals surface area contributed by atoms with Crippen molar-refractivity contribution in [2.24, 2.45) is 17.8 Å². The lowest BCUT2D eigenvalue weighted by molar-refractivity contribution is -0.188. The molecule has 0 saturated heterocycles. The molecule has 0 aromatic carbocycles. The molecule has 0 radical (unpaired) electrons. The molecule has 2 aliphatic carbocycles. The van der Waals surface area contributed by atoms with Crippen LogP contribution in [-0.4, -0.2) is 11.6 Å². The Balaban J connectivity index is 2.20. The molecule has 2 nitrogen and oxygen atoms in total. The standard InChI is InChI=1S/C15H26O2/c1-4-14(16)17-15(5-2)11(3)9-12-7-6-8-13(15)10-12/h11-13H,4-10H2,1-3H3. The molecule has 0 N–H and O–H groups in total. The highest BCUT2D eigenvalue weighted by molar-refractivity contribution is 5.69. The highest BCUT2D eigenvalue weighted by Gasteiger charge is 2.50. The van der Waals surface area contributed by atoms with Gasteiger partial charge in [-0.15, -0.1) is 0 Å². The zero-order chi connectivity index (χ0) is 12.5. The number of fused-ring (bicyclic) bond motifs is 2. The maximum atomic E-state index is 11.7. The van der Waals surface area contributed by atoms with Crippen molar-refractivity contribution in [2.45, 2.75) is 71.3 Å². The minimum absolute atomic E-state index is 0.0114. The van der Waals surface area contributed by atoms with Crippen LogP contribution in [0.5, 0.6) is 0 Å². The topological polar surface area (TPSA) is 26.3 Å². The Morgan fingerprint density at radius 2 is 2.06 bits per heavy atom. The van der Waals surface area contributed by atoms with Gasteiger partial charge in [-0.2, -0.15) is 0 Å². The van der Waals surface area contributed by atoms with Gasteiger partial charge in [0.2, 0.25) is 0 Å². The fourth-order valence-corrected chi connectivity index (χ4v) is 4.23. The molecule has 0 spiro atoms.